The Kier molecular flexibility index (Phi) is 5.47. The van der Waals surface area contributed by atoms with Crippen LogP contribution in [0.5, 0.6) is 5.75 Å². The van der Waals surface area contributed by atoms with E-state index in [1.54, 1.807) is 12.2 Å². The Morgan fingerprint density at radius 3 is 3.00 bits per heavy atom. The number of carbonyl (C=O) groups is 2. The van der Waals surface area contributed by atoms with Gasteiger partial charge in [-0.3, -0.25) is 9.59 Å². The van der Waals surface area contributed by atoms with Crippen LogP contribution in [0.4, 0.5) is 0 Å². The molecule has 2 aliphatic rings. The monoisotopic (exact) mass is 344 g/mol. The van der Waals surface area contributed by atoms with Crippen molar-refractivity contribution < 1.29 is 23.8 Å². The molecule has 2 atom stereocenters. The number of amides is 2. The van der Waals surface area contributed by atoms with E-state index >= 15 is 0 Å². The van der Waals surface area contributed by atoms with E-state index in [9.17, 15) is 9.59 Å². The molecule has 0 unspecified atom stereocenters. The molecule has 7 nitrogen and oxygen atoms in total. The maximum absolute atomic E-state index is 12.6. The third-order valence-electron chi connectivity index (χ3n) is 4.00. The molecule has 132 valence electrons. The van der Waals surface area contributed by atoms with Crippen LogP contribution in [0.1, 0.15) is 12.0 Å². The molecule has 0 saturated carbocycles. The van der Waals surface area contributed by atoms with E-state index < -0.39 is 12.0 Å². The molecule has 1 saturated heterocycles. The summed E-state index contributed by atoms with van der Waals surface area (Å²) in [6, 6.07) is 7.21. The predicted octanol–water partition coefficient (Wildman–Crippen LogP) is 0.752. The molecule has 25 heavy (non-hydrogen) atoms. The third-order valence-corrected chi connectivity index (χ3v) is 4.00. The first-order valence-corrected chi connectivity index (χ1v) is 8.06. The zero-order chi connectivity index (χ0) is 17.6. The first-order chi connectivity index (χ1) is 12.1. The summed E-state index contributed by atoms with van der Waals surface area (Å²) in [6.45, 7) is 0.617. The minimum Gasteiger partial charge on any atom is -0.464 e. The van der Waals surface area contributed by atoms with E-state index in [4.69, 9.17) is 19.9 Å². The highest BCUT2D eigenvalue weighted by Gasteiger charge is 2.29. The minimum absolute atomic E-state index is 0.204. The number of nitrogens with two attached hydrogens (primary N) is 1. The average molecular weight is 344 g/mol. The van der Waals surface area contributed by atoms with Crippen LogP contribution < -0.4 is 15.8 Å². The Balaban J connectivity index is 1.70. The van der Waals surface area contributed by atoms with Crippen molar-refractivity contribution in [2.75, 3.05) is 19.8 Å². The molecule has 0 aromatic heterocycles. The zero-order valence-corrected chi connectivity index (χ0v) is 13.6. The fourth-order valence-corrected chi connectivity index (χ4v) is 2.73. The van der Waals surface area contributed by atoms with E-state index in [0.29, 0.717) is 31.0 Å². The lowest BCUT2D eigenvalue weighted by atomic mass is 10.0. The second-order valence-corrected chi connectivity index (χ2v) is 5.82. The van der Waals surface area contributed by atoms with E-state index in [1.807, 2.05) is 24.3 Å². The van der Waals surface area contributed by atoms with Gasteiger partial charge in [0.1, 0.15) is 18.5 Å². The molecular formula is C18H20N2O5. The summed E-state index contributed by atoms with van der Waals surface area (Å²) in [5.41, 5.74) is 6.41. The van der Waals surface area contributed by atoms with E-state index in [2.05, 4.69) is 5.32 Å². The molecular weight excluding hydrogens is 324 g/mol. The van der Waals surface area contributed by atoms with Crippen LogP contribution >= 0.6 is 0 Å². The number of rotatable bonds is 5. The van der Waals surface area contributed by atoms with Crippen molar-refractivity contribution in [1.29, 1.82) is 0 Å². The lowest BCUT2D eigenvalue weighted by Gasteiger charge is -2.31. The van der Waals surface area contributed by atoms with E-state index in [-0.39, 0.29) is 18.6 Å². The summed E-state index contributed by atoms with van der Waals surface area (Å²) in [5.74, 6) is -0.106. The van der Waals surface area contributed by atoms with Crippen LogP contribution in [0.25, 0.3) is 6.08 Å². The number of carbonyl (C=O) groups excluding carboxylic acids is 2. The quantitative estimate of drug-likeness (QED) is 0.821. The maximum Gasteiger partial charge on any atom is 0.251 e. The summed E-state index contributed by atoms with van der Waals surface area (Å²) in [4.78, 5) is 23.5. The zero-order valence-electron chi connectivity index (χ0n) is 13.6. The van der Waals surface area contributed by atoms with Crippen molar-refractivity contribution in [3.05, 3.63) is 47.7 Å². The molecule has 0 radical (unpaired) electrons. The fourth-order valence-electron chi connectivity index (χ4n) is 2.73. The highest BCUT2D eigenvalue weighted by atomic mass is 16.5. The largest absolute Gasteiger partial charge is 0.464 e. The van der Waals surface area contributed by atoms with Gasteiger partial charge in [0.15, 0.2) is 0 Å². The van der Waals surface area contributed by atoms with Gasteiger partial charge in [-0.25, -0.2) is 0 Å². The fraction of sp³-hybridized carbons (Fsp3) is 0.333. The molecule has 2 heterocycles. The van der Waals surface area contributed by atoms with Gasteiger partial charge in [-0.05, 0) is 24.6 Å². The van der Waals surface area contributed by atoms with Crippen molar-refractivity contribution >= 4 is 17.9 Å². The van der Waals surface area contributed by atoms with Gasteiger partial charge in [-0.1, -0.05) is 18.2 Å². The van der Waals surface area contributed by atoms with Crippen LogP contribution in [0.3, 0.4) is 0 Å². The lowest BCUT2D eigenvalue weighted by molar-refractivity contribution is -0.131. The summed E-state index contributed by atoms with van der Waals surface area (Å²) in [7, 11) is 0. The molecule has 3 rings (SSSR count). The SMILES string of the molecule is NC(=O)CO[C@@H]1COCC[C@H]1NC(=O)C1=Cc2ccccc2OC=C1. The van der Waals surface area contributed by atoms with Crippen LogP contribution in [0, 0.1) is 0 Å². The highest BCUT2D eigenvalue weighted by molar-refractivity contribution is 6.01. The first-order valence-electron chi connectivity index (χ1n) is 8.06. The molecule has 7 heteroatoms. The van der Waals surface area contributed by atoms with Crippen LogP contribution in [-0.4, -0.2) is 43.8 Å². The lowest BCUT2D eigenvalue weighted by Crippen LogP contribution is -2.50. The standard InChI is InChI=1S/C18H20N2O5/c19-17(21)11-25-16-10-23-7-6-14(16)20-18(22)13-5-8-24-15-4-2-1-3-12(15)9-13/h1-5,8-9,14,16H,6-7,10-11H2,(H2,19,21)(H,20,22)/t14-,16-/m1/s1. The Morgan fingerprint density at radius 2 is 2.16 bits per heavy atom. The number of ether oxygens (including phenoxy) is 3. The van der Waals surface area contributed by atoms with Gasteiger partial charge in [-0.15, -0.1) is 0 Å². The molecule has 1 aromatic carbocycles. The molecule has 1 aromatic rings. The summed E-state index contributed by atoms with van der Waals surface area (Å²) in [6.07, 6.45) is 5.06. The number of hydrogen-bond donors (Lipinski definition) is 2. The van der Waals surface area contributed by atoms with Gasteiger partial charge in [0.05, 0.1) is 18.9 Å². The van der Waals surface area contributed by atoms with Gasteiger partial charge in [0.25, 0.3) is 5.91 Å². The van der Waals surface area contributed by atoms with Crippen LogP contribution in [0.15, 0.2) is 42.2 Å². The van der Waals surface area contributed by atoms with Crippen molar-refractivity contribution in [2.24, 2.45) is 5.73 Å². The van der Waals surface area contributed by atoms with Gasteiger partial charge in [0, 0.05) is 17.7 Å². The first kappa shape index (κ1) is 17.2. The van der Waals surface area contributed by atoms with Crippen molar-refractivity contribution in [3.63, 3.8) is 0 Å². The molecule has 1 fully saturated rings. The van der Waals surface area contributed by atoms with Gasteiger partial charge < -0.3 is 25.3 Å². The maximum atomic E-state index is 12.6. The number of fused-ring (bicyclic) bond motifs is 1. The van der Waals surface area contributed by atoms with Crippen molar-refractivity contribution in [2.45, 2.75) is 18.6 Å². The molecule has 2 amide bonds. The number of benzene rings is 1. The van der Waals surface area contributed by atoms with Crippen LogP contribution in [0.2, 0.25) is 0 Å². The van der Waals surface area contributed by atoms with E-state index in [1.165, 1.54) is 6.26 Å². The molecule has 0 spiro atoms. The smallest absolute Gasteiger partial charge is 0.251 e. The number of nitrogens with one attached hydrogen (secondary N) is 1. The highest BCUT2D eigenvalue weighted by Crippen LogP contribution is 2.24. The number of para-hydroxylation sites is 1. The predicted molar refractivity (Wildman–Crippen MR) is 90.5 cm³/mol. The Morgan fingerprint density at radius 1 is 1.32 bits per heavy atom. The Hall–Kier alpha value is -2.64. The third kappa shape index (κ3) is 4.46. The second-order valence-electron chi connectivity index (χ2n) is 5.82. The summed E-state index contributed by atoms with van der Waals surface area (Å²) < 4.78 is 16.3. The van der Waals surface area contributed by atoms with Gasteiger partial charge in [0.2, 0.25) is 5.91 Å². The molecule has 0 aliphatic carbocycles. The summed E-state index contributed by atoms with van der Waals surface area (Å²) in [5, 5.41) is 2.95. The summed E-state index contributed by atoms with van der Waals surface area (Å²) >= 11 is 0. The van der Waals surface area contributed by atoms with Gasteiger partial charge >= 0.3 is 0 Å². The molecule has 2 aliphatic heterocycles. The minimum atomic E-state index is -0.557. The van der Waals surface area contributed by atoms with Crippen LogP contribution in [-0.2, 0) is 19.1 Å². The molecule has 3 N–H and O–H groups in total. The number of primary amides is 1. The number of hydrogen-bond acceptors (Lipinski definition) is 5. The topological polar surface area (TPSA) is 99.9 Å². The average Bonchev–Trinajstić information content (AvgIpc) is 2.83. The van der Waals surface area contributed by atoms with Crippen molar-refractivity contribution in [1.82, 2.24) is 5.32 Å². The Labute approximate surface area is 145 Å². The second kappa shape index (κ2) is 7.96. The Bertz CT molecular complexity index is 713. The normalized spacial score (nSPS) is 22.2. The van der Waals surface area contributed by atoms with Crippen molar-refractivity contribution in [3.8, 4) is 5.75 Å². The van der Waals surface area contributed by atoms with E-state index in [0.717, 1.165) is 5.56 Å². The molecule has 0 bridgehead atoms. The van der Waals surface area contributed by atoms with Gasteiger partial charge in [-0.2, -0.15) is 0 Å².